The van der Waals surface area contributed by atoms with Crippen LogP contribution in [0, 0.1) is 23.2 Å². The van der Waals surface area contributed by atoms with Gasteiger partial charge in [-0.2, -0.15) is 0 Å². The van der Waals surface area contributed by atoms with Crippen LogP contribution in [-0.2, 0) is 4.79 Å². The Morgan fingerprint density at radius 2 is 1.79 bits per heavy atom. The normalized spacial score (nSPS) is 54.9. The molecule has 4 aliphatic rings. The van der Waals surface area contributed by atoms with Crippen LogP contribution >= 0.6 is 11.6 Å². The van der Waals surface area contributed by atoms with Gasteiger partial charge in [0.15, 0.2) is 0 Å². The fraction of sp³-hybridized carbons (Fsp3) is 0.909. The van der Waals surface area contributed by atoms with Crippen molar-refractivity contribution in [3.8, 4) is 0 Å². The molecule has 4 rings (SSSR count). The number of halogens is 1. The first-order valence-corrected chi connectivity index (χ1v) is 5.93. The molecule has 1 N–H and O–H groups in total. The Hall–Kier alpha value is -0.240. The molecule has 0 heterocycles. The highest BCUT2D eigenvalue weighted by molar-refractivity contribution is 6.23. The third kappa shape index (κ3) is 0.955. The lowest BCUT2D eigenvalue weighted by Crippen LogP contribution is -2.57. The Morgan fingerprint density at radius 3 is 2.29 bits per heavy atom. The van der Waals surface area contributed by atoms with Gasteiger partial charge in [0.2, 0.25) is 0 Å². The second-order valence-electron chi connectivity index (χ2n) is 5.47. The van der Waals surface area contributed by atoms with Gasteiger partial charge in [0, 0.05) is 0 Å². The number of hydrogen-bond donors (Lipinski definition) is 1. The highest BCUT2D eigenvalue weighted by atomic mass is 35.5. The van der Waals surface area contributed by atoms with E-state index in [2.05, 4.69) is 0 Å². The summed E-state index contributed by atoms with van der Waals surface area (Å²) in [7, 11) is 0. The van der Waals surface area contributed by atoms with E-state index in [0.29, 0.717) is 17.8 Å². The van der Waals surface area contributed by atoms with Gasteiger partial charge in [0.25, 0.3) is 0 Å². The van der Waals surface area contributed by atoms with Gasteiger partial charge in [0.1, 0.15) is 0 Å². The van der Waals surface area contributed by atoms with E-state index >= 15 is 0 Å². The molecule has 0 aliphatic heterocycles. The van der Waals surface area contributed by atoms with Gasteiger partial charge in [-0.1, -0.05) is 0 Å². The number of carboxylic acids is 1. The molecular weight excluding hydrogens is 200 g/mol. The fourth-order valence-corrected chi connectivity index (χ4v) is 4.75. The van der Waals surface area contributed by atoms with Crippen LogP contribution in [0.5, 0.6) is 0 Å². The predicted molar refractivity (Wildman–Crippen MR) is 53.3 cm³/mol. The van der Waals surface area contributed by atoms with E-state index in [9.17, 15) is 9.90 Å². The minimum atomic E-state index is -0.642. The maximum Gasteiger partial charge on any atom is 0.311 e. The van der Waals surface area contributed by atoms with Gasteiger partial charge in [0.05, 0.1) is 10.8 Å². The first kappa shape index (κ1) is 9.02. The fourth-order valence-electron chi connectivity index (χ4n) is 4.27. The molecule has 4 saturated carbocycles. The minimum absolute atomic E-state index is 0.104. The van der Waals surface area contributed by atoms with Crippen LogP contribution < -0.4 is 0 Å². The summed E-state index contributed by atoms with van der Waals surface area (Å²) in [6.45, 7) is 0. The molecule has 0 saturated heterocycles. The maximum absolute atomic E-state index is 11.4. The number of hydrogen-bond acceptors (Lipinski definition) is 1. The van der Waals surface area contributed by atoms with E-state index in [1.165, 1.54) is 19.3 Å². The van der Waals surface area contributed by atoms with Crippen LogP contribution in [0.4, 0.5) is 0 Å². The van der Waals surface area contributed by atoms with Crippen molar-refractivity contribution in [3.63, 3.8) is 0 Å². The van der Waals surface area contributed by atoms with Gasteiger partial charge in [-0.15, -0.1) is 11.6 Å². The zero-order valence-corrected chi connectivity index (χ0v) is 8.83. The zero-order valence-electron chi connectivity index (χ0n) is 8.08. The summed E-state index contributed by atoms with van der Waals surface area (Å²) in [5.74, 6) is 1.15. The van der Waals surface area contributed by atoms with Crippen molar-refractivity contribution >= 4 is 17.6 Å². The van der Waals surface area contributed by atoms with Gasteiger partial charge in [-0.25, -0.2) is 0 Å². The number of carboxylic acid groups (broad SMARTS) is 1. The smallest absolute Gasteiger partial charge is 0.311 e. The molecule has 2 nitrogen and oxygen atoms in total. The Bertz CT molecular complexity index is 275. The van der Waals surface area contributed by atoms with Crippen molar-refractivity contribution in [3.05, 3.63) is 0 Å². The van der Waals surface area contributed by atoms with Gasteiger partial charge < -0.3 is 5.11 Å². The molecule has 0 amide bonds. The molecule has 0 spiro atoms. The molecule has 0 aromatic rings. The molecule has 78 valence electrons. The number of alkyl halides is 1. The van der Waals surface area contributed by atoms with E-state index in [1.54, 1.807) is 0 Å². The molecule has 0 aromatic carbocycles. The highest BCUT2D eigenvalue weighted by Gasteiger charge is 2.60. The number of carbonyl (C=O) groups is 1. The molecule has 3 atom stereocenters. The van der Waals surface area contributed by atoms with E-state index in [1.807, 2.05) is 0 Å². The monoisotopic (exact) mass is 214 g/mol. The summed E-state index contributed by atoms with van der Waals surface area (Å²) in [6.07, 6.45) is 5.29. The molecule has 4 bridgehead atoms. The lowest BCUT2D eigenvalue weighted by atomic mass is 9.49. The summed E-state index contributed by atoms with van der Waals surface area (Å²) < 4.78 is 0. The molecule has 0 aromatic heterocycles. The van der Waals surface area contributed by atoms with Crippen LogP contribution in [0.15, 0.2) is 0 Å². The van der Waals surface area contributed by atoms with E-state index < -0.39 is 11.4 Å². The first-order chi connectivity index (χ1) is 6.62. The Labute approximate surface area is 88.6 Å². The topological polar surface area (TPSA) is 37.3 Å². The molecule has 3 heteroatoms. The predicted octanol–water partition coefficient (Wildman–Crippen LogP) is 2.50. The average Bonchev–Trinajstić information content (AvgIpc) is 2.12. The average molecular weight is 215 g/mol. The van der Waals surface area contributed by atoms with Crippen molar-refractivity contribution in [1.29, 1.82) is 0 Å². The van der Waals surface area contributed by atoms with Crippen molar-refractivity contribution in [2.45, 2.75) is 37.5 Å². The Balaban J connectivity index is 2.01. The van der Waals surface area contributed by atoms with Gasteiger partial charge in [-0.3, -0.25) is 4.79 Å². The summed E-state index contributed by atoms with van der Waals surface area (Å²) in [4.78, 5) is 11.4. The van der Waals surface area contributed by atoms with Gasteiger partial charge >= 0.3 is 5.97 Å². The standard InChI is InChI=1S/C11H15ClO2/c12-9-8-2-6-1-7(3-8)5-11(9,4-6)10(13)14/h6-9H,1-5H2,(H,13,14)/t6-,7-,8?,9-,11?/m0/s1. The SMILES string of the molecule is O=C(O)C12C[C@@H]3CC(C[C@H](C3)C1)[C@@H]2Cl. The molecule has 4 fully saturated rings. The van der Waals surface area contributed by atoms with Gasteiger partial charge in [-0.05, 0) is 49.9 Å². The van der Waals surface area contributed by atoms with Crippen molar-refractivity contribution in [1.82, 2.24) is 0 Å². The zero-order chi connectivity index (χ0) is 9.92. The van der Waals surface area contributed by atoms with E-state index in [-0.39, 0.29) is 5.38 Å². The van der Waals surface area contributed by atoms with Crippen molar-refractivity contribution in [2.24, 2.45) is 23.2 Å². The molecule has 4 aliphatic carbocycles. The summed E-state index contributed by atoms with van der Waals surface area (Å²) in [5.41, 5.74) is -0.559. The van der Waals surface area contributed by atoms with Crippen LogP contribution in [0.1, 0.15) is 32.1 Å². The van der Waals surface area contributed by atoms with Crippen LogP contribution in [-0.4, -0.2) is 16.5 Å². The third-order valence-corrected chi connectivity index (χ3v) is 5.39. The summed E-state index contributed by atoms with van der Waals surface area (Å²) in [6, 6.07) is 0. The van der Waals surface area contributed by atoms with E-state index in [4.69, 9.17) is 11.6 Å². The van der Waals surface area contributed by atoms with Crippen LogP contribution in [0.2, 0.25) is 0 Å². The first-order valence-electron chi connectivity index (χ1n) is 5.49. The Morgan fingerprint density at radius 1 is 1.21 bits per heavy atom. The molecular formula is C11H15ClO2. The Kier molecular flexibility index (Phi) is 1.71. The second kappa shape index (κ2) is 2.66. The molecule has 0 unspecified atom stereocenters. The largest absolute Gasteiger partial charge is 0.481 e. The second-order valence-corrected chi connectivity index (χ2v) is 5.94. The van der Waals surface area contributed by atoms with E-state index in [0.717, 1.165) is 12.8 Å². The number of rotatable bonds is 1. The van der Waals surface area contributed by atoms with Crippen LogP contribution in [0.3, 0.4) is 0 Å². The highest BCUT2D eigenvalue weighted by Crippen LogP contribution is 2.61. The lowest BCUT2D eigenvalue weighted by Gasteiger charge is -2.57. The quantitative estimate of drug-likeness (QED) is 0.681. The summed E-state index contributed by atoms with van der Waals surface area (Å²) >= 11 is 6.34. The third-order valence-electron chi connectivity index (χ3n) is 4.61. The van der Waals surface area contributed by atoms with Crippen molar-refractivity contribution < 1.29 is 9.90 Å². The number of aliphatic carboxylic acids is 1. The maximum atomic E-state index is 11.4. The minimum Gasteiger partial charge on any atom is -0.481 e. The van der Waals surface area contributed by atoms with Crippen LogP contribution in [0.25, 0.3) is 0 Å². The molecule has 14 heavy (non-hydrogen) atoms. The summed E-state index contributed by atoms with van der Waals surface area (Å²) in [5, 5.41) is 9.26. The molecule has 0 radical (unpaired) electrons. The van der Waals surface area contributed by atoms with Crippen molar-refractivity contribution in [2.75, 3.05) is 0 Å². The lowest BCUT2D eigenvalue weighted by molar-refractivity contribution is -0.163.